The molecule has 0 aliphatic heterocycles. The molecule has 0 fully saturated rings. The zero-order valence-electron chi connectivity index (χ0n) is 14.5. The summed E-state index contributed by atoms with van der Waals surface area (Å²) in [5.74, 6) is -0.0242. The maximum Gasteiger partial charge on any atom is 0.276 e. The van der Waals surface area contributed by atoms with Crippen LogP contribution in [0.4, 0.5) is 5.69 Å². The highest BCUT2D eigenvalue weighted by atomic mass is 79.9. The lowest BCUT2D eigenvalue weighted by molar-refractivity contribution is -0.113. The molecule has 0 radical (unpaired) electrons. The van der Waals surface area contributed by atoms with Gasteiger partial charge in [-0.1, -0.05) is 52.0 Å². The highest BCUT2D eigenvalue weighted by Crippen LogP contribution is 2.24. The fourth-order valence-electron chi connectivity index (χ4n) is 2.69. The van der Waals surface area contributed by atoms with Crippen LogP contribution in [0.5, 0.6) is 0 Å². The van der Waals surface area contributed by atoms with E-state index < -0.39 is 0 Å². The molecule has 5 nitrogen and oxygen atoms in total. The minimum atomic E-state index is -0.164. The number of rotatable bonds is 5. The van der Waals surface area contributed by atoms with Crippen LogP contribution in [0, 0.1) is 0 Å². The summed E-state index contributed by atoms with van der Waals surface area (Å²) in [5, 5.41) is 5.20. The molecule has 4 rings (SSSR count). The van der Waals surface area contributed by atoms with Gasteiger partial charge in [-0.2, -0.15) is 0 Å². The molecule has 0 saturated carbocycles. The standard InChI is InChI=1S/C20H14BrN3O2S2/c21-13-5-4-6-14(11-13)22-17(25)12-28-20-23-16-9-10-27-18(16)19(26)24(20)15-7-2-1-3-8-15/h1-11H,12H2,(H,22,25). The molecule has 0 unspecified atom stereocenters. The first kappa shape index (κ1) is 18.9. The summed E-state index contributed by atoms with van der Waals surface area (Å²) in [4.78, 5) is 30.0. The lowest BCUT2D eigenvalue weighted by Crippen LogP contribution is -2.22. The Hall–Kier alpha value is -2.42. The van der Waals surface area contributed by atoms with Gasteiger partial charge in [0.2, 0.25) is 5.91 Å². The third kappa shape index (κ3) is 4.04. The van der Waals surface area contributed by atoms with E-state index in [0.29, 0.717) is 21.1 Å². The lowest BCUT2D eigenvalue weighted by atomic mass is 10.3. The van der Waals surface area contributed by atoms with Crippen LogP contribution in [0.1, 0.15) is 0 Å². The normalized spacial score (nSPS) is 10.9. The number of nitrogens with one attached hydrogen (secondary N) is 1. The monoisotopic (exact) mass is 471 g/mol. The third-order valence-corrected chi connectivity index (χ3v) is 6.23. The molecule has 2 aromatic heterocycles. The topological polar surface area (TPSA) is 64.0 Å². The number of carbonyl (C=O) groups is 1. The zero-order valence-corrected chi connectivity index (χ0v) is 17.7. The van der Waals surface area contributed by atoms with Crippen LogP contribution in [0.2, 0.25) is 0 Å². The number of para-hydroxylation sites is 1. The Kier molecular flexibility index (Phi) is 5.61. The van der Waals surface area contributed by atoms with E-state index in [1.807, 2.05) is 66.0 Å². The van der Waals surface area contributed by atoms with Crippen molar-refractivity contribution in [2.24, 2.45) is 0 Å². The Morgan fingerprint density at radius 1 is 1.14 bits per heavy atom. The first-order valence-corrected chi connectivity index (χ1v) is 11.0. The van der Waals surface area contributed by atoms with E-state index in [0.717, 1.165) is 10.2 Å². The smallest absolute Gasteiger partial charge is 0.276 e. The number of aromatic nitrogens is 2. The van der Waals surface area contributed by atoms with Crippen LogP contribution in [0.25, 0.3) is 15.9 Å². The first-order chi connectivity index (χ1) is 13.6. The second kappa shape index (κ2) is 8.30. The molecular weight excluding hydrogens is 458 g/mol. The number of hydrogen-bond acceptors (Lipinski definition) is 5. The van der Waals surface area contributed by atoms with Crippen molar-refractivity contribution in [3.05, 3.63) is 80.9 Å². The van der Waals surface area contributed by atoms with Crippen molar-refractivity contribution in [3.8, 4) is 5.69 Å². The van der Waals surface area contributed by atoms with Crippen LogP contribution < -0.4 is 10.9 Å². The number of nitrogens with zero attached hydrogens (tertiary/aromatic N) is 2. The van der Waals surface area contributed by atoms with Crippen LogP contribution in [-0.4, -0.2) is 21.2 Å². The average molecular weight is 472 g/mol. The Balaban J connectivity index is 1.63. The average Bonchev–Trinajstić information content (AvgIpc) is 3.16. The summed E-state index contributed by atoms with van der Waals surface area (Å²) >= 11 is 6.00. The van der Waals surface area contributed by atoms with Crippen molar-refractivity contribution in [2.45, 2.75) is 5.16 Å². The summed E-state index contributed by atoms with van der Waals surface area (Å²) in [7, 11) is 0. The number of carbonyl (C=O) groups excluding carboxylic acids is 1. The van der Waals surface area contributed by atoms with Crippen molar-refractivity contribution < 1.29 is 4.79 Å². The van der Waals surface area contributed by atoms with Gasteiger partial charge in [-0.15, -0.1) is 11.3 Å². The van der Waals surface area contributed by atoms with Crippen LogP contribution in [-0.2, 0) is 4.79 Å². The van der Waals surface area contributed by atoms with Crippen LogP contribution in [0.3, 0.4) is 0 Å². The fraction of sp³-hybridized carbons (Fsp3) is 0.0500. The van der Waals surface area contributed by atoms with E-state index in [9.17, 15) is 9.59 Å². The van der Waals surface area contributed by atoms with Crippen molar-refractivity contribution in [1.82, 2.24) is 9.55 Å². The molecule has 2 heterocycles. The van der Waals surface area contributed by atoms with Gasteiger partial charge in [0.1, 0.15) is 4.70 Å². The summed E-state index contributed by atoms with van der Waals surface area (Å²) < 4.78 is 3.06. The molecule has 1 N–H and O–H groups in total. The largest absolute Gasteiger partial charge is 0.325 e. The van der Waals surface area contributed by atoms with Gasteiger partial charge in [0.15, 0.2) is 5.16 Å². The van der Waals surface area contributed by atoms with Gasteiger partial charge in [-0.25, -0.2) is 4.98 Å². The number of fused-ring (bicyclic) bond motifs is 1. The maximum absolute atomic E-state index is 13.0. The number of hydrogen-bond donors (Lipinski definition) is 1. The molecule has 140 valence electrons. The molecule has 0 aliphatic carbocycles. The zero-order chi connectivity index (χ0) is 19.5. The van der Waals surface area contributed by atoms with Crippen LogP contribution >= 0.6 is 39.0 Å². The maximum atomic E-state index is 13.0. The molecule has 2 aromatic carbocycles. The van der Waals surface area contributed by atoms with Crippen LogP contribution in [0.15, 0.2) is 80.5 Å². The minimum Gasteiger partial charge on any atom is -0.325 e. The van der Waals surface area contributed by atoms with Crippen molar-refractivity contribution in [2.75, 3.05) is 11.1 Å². The molecule has 0 atom stereocenters. The minimum absolute atomic E-state index is 0.124. The van der Waals surface area contributed by atoms with Gasteiger partial charge in [0.05, 0.1) is 17.0 Å². The molecule has 0 spiro atoms. The number of anilines is 1. The van der Waals surface area contributed by atoms with E-state index >= 15 is 0 Å². The van der Waals surface area contributed by atoms with E-state index in [2.05, 4.69) is 26.2 Å². The number of halogens is 1. The molecule has 0 aliphatic rings. The molecule has 0 saturated heterocycles. The predicted molar refractivity (Wildman–Crippen MR) is 119 cm³/mol. The van der Waals surface area contributed by atoms with E-state index in [1.54, 1.807) is 4.57 Å². The molecule has 4 aromatic rings. The molecule has 28 heavy (non-hydrogen) atoms. The fourth-order valence-corrected chi connectivity index (χ4v) is 4.66. The number of thiophene rings is 1. The highest BCUT2D eigenvalue weighted by Gasteiger charge is 2.15. The Bertz CT molecular complexity index is 1210. The van der Waals surface area contributed by atoms with Gasteiger partial charge in [-0.3, -0.25) is 14.2 Å². The van der Waals surface area contributed by atoms with Gasteiger partial charge in [0.25, 0.3) is 5.56 Å². The highest BCUT2D eigenvalue weighted by molar-refractivity contribution is 9.10. The number of amides is 1. The molecule has 0 bridgehead atoms. The summed E-state index contributed by atoms with van der Waals surface area (Å²) in [6.07, 6.45) is 0. The van der Waals surface area contributed by atoms with E-state index in [4.69, 9.17) is 0 Å². The molecule has 8 heteroatoms. The Labute approximate surface area is 177 Å². The number of thioether (sulfide) groups is 1. The van der Waals surface area contributed by atoms with Gasteiger partial charge in [0, 0.05) is 10.2 Å². The third-order valence-electron chi connectivity index (χ3n) is 3.90. The van der Waals surface area contributed by atoms with Gasteiger partial charge in [-0.05, 0) is 41.8 Å². The second-order valence-electron chi connectivity index (χ2n) is 5.85. The molecule has 1 amide bonds. The van der Waals surface area contributed by atoms with E-state index in [-0.39, 0.29) is 17.2 Å². The van der Waals surface area contributed by atoms with Crippen molar-refractivity contribution in [1.29, 1.82) is 0 Å². The predicted octanol–water partition coefficient (Wildman–Crippen LogP) is 4.94. The van der Waals surface area contributed by atoms with Crippen molar-refractivity contribution in [3.63, 3.8) is 0 Å². The summed E-state index contributed by atoms with van der Waals surface area (Å²) in [5.41, 5.74) is 1.96. The van der Waals surface area contributed by atoms with Crippen molar-refractivity contribution >= 4 is 60.8 Å². The Morgan fingerprint density at radius 2 is 1.96 bits per heavy atom. The first-order valence-electron chi connectivity index (χ1n) is 8.36. The SMILES string of the molecule is O=C(CSc1nc2ccsc2c(=O)n1-c1ccccc1)Nc1cccc(Br)c1. The quantitative estimate of drug-likeness (QED) is 0.330. The lowest BCUT2D eigenvalue weighted by Gasteiger charge is -2.12. The Morgan fingerprint density at radius 3 is 2.75 bits per heavy atom. The van der Waals surface area contributed by atoms with Gasteiger partial charge < -0.3 is 5.32 Å². The van der Waals surface area contributed by atoms with E-state index in [1.165, 1.54) is 23.1 Å². The second-order valence-corrected chi connectivity index (χ2v) is 8.63. The molecular formula is C20H14BrN3O2S2. The summed E-state index contributed by atoms with van der Waals surface area (Å²) in [6.45, 7) is 0. The number of benzene rings is 2. The summed E-state index contributed by atoms with van der Waals surface area (Å²) in [6, 6.07) is 18.6. The van der Waals surface area contributed by atoms with Gasteiger partial charge >= 0.3 is 0 Å².